The molecule has 0 fully saturated rings. The summed E-state index contributed by atoms with van der Waals surface area (Å²) in [5, 5.41) is 5.07. The third-order valence-corrected chi connectivity index (χ3v) is 2.32. The lowest BCUT2D eigenvalue weighted by atomic mass is 10.2. The Kier molecular flexibility index (Phi) is 8.32. The molecule has 1 aromatic carbocycles. The maximum absolute atomic E-state index is 11.5. The van der Waals surface area contributed by atoms with Gasteiger partial charge in [-0.3, -0.25) is 0 Å². The van der Waals surface area contributed by atoms with E-state index in [1.165, 1.54) is 7.11 Å². The normalized spacial score (nSPS) is 10.8. The molecule has 0 unspecified atom stereocenters. The quantitative estimate of drug-likeness (QED) is 0.684. The van der Waals surface area contributed by atoms with Crippen LogP contribution in [0.1, 0.15) is 5.56 Å². The van der Waals surface area contributed by atoms with Crippen LogP contribution in [0, 0.1) is 0 Å². The zero-order valence-electron chi connectivity index (χ0n) is 10.6. The molecule has 0 saturated carbocycles. The van der Waals surface area contributed by atoms with E-state index in [4.69, 9.17) is 5.73 Å². The Morgan fingerprint density at radius 3 is 2.47 bits per heavy atom. The summed E-state index contributed by atoms with van der Waals surface area (Å²) in [7, 11) is 1.24. The number of benzene rings is 1. The standard InChI is InChI=1S/C12H17N3O3.ClH/c1-18-11(16)10(7-13)15-12(17)14-8-9-5-3-2-4-6-9;/h2-6,10H,7-8,13H2,1H3,(H2,14,15,17);1H/t10-;/m0./s1. The Morgan fingerprint density at radius 2 is 1.95 bits per heavy atom. The number of halogens is 1. The molecule has 2 amide bonds. The summed E-state index contributed by atoms with van der Waals surface area (Å²) in [5.74, 6) is -0.563. The van der Waals surface area contributed by atoms with Crippen LogP contribution in [0.3, 0.4) is 0 Å². The average Bonchev–Trinajstić information content (AvgIpc) is 2.42. The van der Waals surface area contributed by atoms with E-state index in [9.17, 15) is 9.59 Å². The molecule has 0 aromatic heterocycles. The summed E-state index contributed by atoms with van der Waals surface area (Å²) in [5.41, 5.74) is 6.33. The van der Waals surface area contributed by atoms with Crippen LogP contribution in [0.4, 0.5) is 4.79 Å². The van der Waals surface area contributed by atoms with Gasteiger partial charge in [-0.25, -0.2) is 9.59 Å². The molecule has 7 heteroatoms. The molecule has 1 rings (SSSR count). The number of nitrogens with one attached hydrogen (secondary N) is 2. The number of ether oxygens (including phenoxy) is 1. The number of carbonyl (C=O) groups is 2. The smallest absolute Gasteiger partial charge is 0.329 e. The third-order valence-electron chi connectivity index (χ3n) is 2.32. The van der Waals surface area contributed by atoms with Crippen molar-refractivity contribution in [3.63, 3.8) is 0 Å². The Labute approximate surface area is 118 Å². The van der Waals surface area contributed by atoms with Crippen molar-refractivity contribution < 1.29 is 14.3 Å². The van der Waals surface area contributed by atoms with E-state index in [1.54, 1.807) is 0 Å². The molecule has 0 bridgehead atoms. The molecule has 0 spiro atoms. The summed E-state index contributed by atoms with van der Waals surface area (Å²) in [4.78, 5) is 22.7. The van der Waals surface area contributed by atoms with Gasteiger partial charge in [-0.05, 0) is 5.56 Å². The minimum absolute atomic E-state index is 0. The monoisotopic (exact) mass is 287 g/mol. The Hall–Kier alpha value is -1.79. The molecule has 0 aliphatic carbocycles. The fourth-order valence-corrected chi connectivity index (χ4v) is 1.34. The van der Waals surface area contributed by atoms with Crippen molar-refractivity contribution in [1.82, 2.24) is 10.6 Å². The Morgan fingerprint density at radius 1 is 1.32 bits per heavy atom. The molecule has 0 aliphatic rings. The second-order valence-electron chi connectivity index (χ2n) is 3.62. The van der Waals surface area contributed by atoms with Gasteiger partial charge in [0.05, 0.1) is 7.11 Å². The van der Waals surface area contributed by atoms with Crippen molar-refractivity contribution in [2.24, 2.45) is 5.73 Å². The summed E-state index contributed by atoms with van der Waals surface area (Å²) >= 11 is 0. The molecule has 4 N–H and O–H groups in total. The van der Waals surface area contributed by atoms with Crippen LogP contribution in [0.5, 0.6) is 0 Å². The SMILES string of the molecule is COC(=O)[C@H](CN)NC(=O)NCc1ccccc1.Cl. The van der Waals surface area contributed by atoms with Gasteiger partial charge >= 0.3 is 12.0 Å². The van der Waals surface area contributed by atoms with Crippen LogP contribution in [0.2, 0.25) is 0 Å². The predicted octanol–water partition coefficient (Wildman–Crippen LogP) is 0.408. The van der Waals surface area contributed by atoms with E-state index in [0.717, 1.165) is 5.56 Å². The summed E-state index contributed by atoms with van der Waals surface area (Å²) < 4.78 is 4.51. The number of methoxy groups -OCH3 is 1. The first-order chi connectivity index (χ1) is 8.67. The topological polar surface area (TPSA) is 93.4 Å². The number of carbonyl (C=O) groups excluding carboxylic acids is 2. The van der Waals surface area contributed by atoms with E-state index in [2.05, 4.69) is 15.4 Å². The van der Waals surface area contributed by atoms with Crippen molar-refractivity contribution >= 4 is 24.4 Å². The third kappa shape index (κ3) is 6.08. The molecule has 19 heavy (non-hydrogen) atoms. The first-order valence-electron chi connectivity index (χ1n) is 5.53. The second kappa shape index (κ2) is 9.18. The lowest BCUT2D eigenvalue weighted by Crippen LogP contribution is -2.49. The Bertz CT molecular complexity index is 400. The van der Waals surface area contributed by atoms with Gasteiger partial charge in [0.25, 0.3) is 0 Å². The largest absolute Gasteiger partial charge is 0.467 e. The summed E-state index contributed by atoms with van der Waals surface area (Å²) in [6, 6.07) is 8.15. The molecule has 6 nitrogen and oxygen atoms in total. The molecule has 0 aliphatic heterocycles. The van der Waals surface area contributed by atoms with E-state index in [0.29, 0.717) is 6.54 Å². The van der Waals surface area contributed by atoms with Gasteiger partial charge in [0, 0.05) is 13.1 Å². The van der Waals surface area contributed by atoms with Gasteiger partial charge in [-0.15, -0.1) is 12.4 Å². The number of amides is 2. The van der Waals surface area contributed by atoms with E-state index < -0.39 is 18.0 Å². The number of nitrogens with two attached hydrogens (primary N) is 1. The zero-order chi connectivity index (χ0) is 13.4. The van der Waals surface area contributed by atoms with Gasteiger partial charge in [-0.1, -0.05) is 30.3 Å². The van der Waals surface area contributed by atoms with Crippen LogP contribution < -0.4 is 16.4 Å². The van der Waals surface area contributed by atoms with E-state index in [1.807, 2.05) is 30.3 Å². The van der Waals surface area contributed by atoms with Crippen molar-refractivity contribution in [2.45, 2.75) is 12.6 Å². The van der Waals surface area contributed by atoms with Crippen LogP contribution in [-0.2, 0) is 16.1 Å². The number of rotatable bonds is 5. The molecule has 106 valence electrons. The highest BCUT2D eigenvalue weighted by atomic mass is 35.5. The van der Waals surface area contributed by atoms with Crippen LogP contribution >= 0.6 is 12.4 Å². The zero-order valence-corrected chi connectivity index (χ0v) is 11.4. The lowest BCUT2D eigenvalue weighted by Gasteiger charge is -2.14. The second-order valence-corrected chi connectivity index (χ2v) is 3.62. The molecule has 1 aromatic rings. The lowest BCUT2D eigenvalue weighted by molar-refractivity contribution is -0.142. The van der Waals surface area contributed by atoms with E-state index >= 15 is 0 Å². The van der Waals surface area contributed by atoms with Crippen LogP contribution in [0.15, 0.2) is 30.3 Å². The number of esters is 1. The first-order valence-corrected chi connectivity index (χ1v) is 5.53. The highest BCUT2D eigenvalue weighted by molar-refractivity contribution is 5.85. The average molecular weight is 288 g/mol. The summed E-state index contributed by atoms with van der Waals surface area (Å²) in [6.07, 6.45) is 0. The molecule has 0 heterocycles. The maximum Gasteiger partial charge on any atom is 0.329 e. The molecular weight excluding hydrogens is 270 g/mol. The highest BCUT2D eigenvalue weighted by Crippen LogP contribution is 1.97. The van der Waals surface area contributed by atoms with Gasteiger partial charge < -0.3 is 21.1 Å². The fourth-order valence-electron chi connectivity index (χ4n) is 1.34. The maximum atomic E-state index is 11.5. The first kappa shape index (κ1) is 17.2. The Balaban J connectivity index is 0.00000324. The van der Waals surface area contributed by atoms with Crippen molar-refractivity contribution in [3.05, 3.63) is 35.9 Å². The number of hydrogen-bond acceptors (Lipinski definition) is 4. The molecule has 0 saturated heterocycles. The number of hydrogen-bond donors (Lipinski definition) is 3. The summed E-state index contributed by atoms with van der Waals surface area (Å²) in [6.45, 7) is 0.372. The van der Waals surface area contributed by atoms with E-state index in [-0.39, 0.29) is 19.0 Å². The van der Waals surface area contributed by atoms with Crippen molar-refractivity contribution in [2.75, 3.05) is 13.7 Å². The van der Waals surface area contributed by atoms with Gasteiger partial charge in [0.15, 0.2) is 0 Å². The molecular formula is C12H18ClN3O3. The fraction of sp³-hybridized carbons (Fsp3) is 0.333. The molecule has 0 radical (unpaired) electrons. The van der Waals surface area contributed by atoms with Crippen LogP contribution in [0.25, 0.3) is 0 Å². The van der Waals surface area contributed by atoms with Crippen molar-refractivity contribution in [1.29, 1.82) is 0 Å². The van der Waals surface area contributed by atoms with Crippen molar-refractivity contribution in [3.8, 4) is 0 Å². The highest BCUT2D eigenvalue weighted by Gasteiger charge is 2.19. The van der Waals surface area contributed by atoms with Crippen LogP contribution in [-0.4, -0.2) is 31.7 Å². The molecule has 1 atom stereocenters. The number of urea groups is 1. The predicted molar refractivity (Wildman–Crippen MR) is 73.9 cm³/mol. The van der Waals surface area contributed by atoms with Gasteiger partial charge in [0.2, 0.25) is 0 Å². The van der Waals surface area contributed by atoms with Gasteiger partial charge in [0.1, 0.15) is 6.04 Å². The minimum atomic E-state index is -0.828. The van der Waals surface area contributed by atoms with Gasteiger partial charge in [-0.2, -0.15) is 0 Å². The minimum Gasteiger partial charge on any atom is -0.467 e.